The molecule has 0 N–H and O–H groups in total. The van der Waals surface area contributed by atoms with Crippen LogP contribution in [0, 0.1) is 35.5 Å². The number of carbonyl (C=O) groups excluding carboxylic acids is 6. The number of hydrogen-bond donors (Lipinski definition) is 0. The molecule has 7 rings (SSSR count). The van der Waals surface area contributed by atoms with Gasteiger partial charge in [-0.05, 0) is 196 Å². The van der Waals surface area contributed by atoms with E-state index in [1.54, 1.807) is 41.5 Å². The van der Waals surface area contributed by atoms with E-state index in [0.29, 0.717) is 154 Å². The zero-order valence-corrected chi connectivity index (χ0v) is 43.2. The second kappa shape index (κ2) is 23.1. The molecular weight excluding hydrogens is 903 g/mol. The fourth-order valence-electron chi connectivity index (χ4n) is 11.4. The Balaban J connectivity index is 1.39. The summed E-state index contributed by atoms with van der Waals surface area (Å²) in [5.74, 6) is 0.655. The van der Waals surface area contributed by atoms with Crippen molar-refractivity contribution in [1.29, 1.82) is 0 Å². The molecule has 6 fully saturated rings. The van der Waals surface area contributed by atoms with Crippen molar-refractivity contribution in [2.24, 2.45) is 49.1 Å². The highest BCUT2D eigenvalue weighted by atomic mass is 31.3. The number of carbonyl (C=O) groups is 6. The van der Waals surface area contributed by atoms with Crippen LogP contribution in [0.4, 0.5) is 0 Å². The number of ketones is 6. The quantitative estimate of drug-likeness (QED) is 0.118. The Bertz CT molecular complexity index is 1590. The van der Waals surface area contributed by atoms with E-state index in [-0.39, 0.29) is 107 Å². The van der Waals surface area contributed by atoms with Crippen molar-refractivity contribution < 1.29 is 55.9 Å². The fourth-order valence-corrected chi connectivity index (χ4v) is 22.0. The minimum Gasteiger partial charge on any atom is -0.303 e. The van der Waals surface area contributed by atoms with Gasteiger partial charge in [-0.3, -0.25) is 28.8 Å². The van der Waals surface area contributed by atoms with E-state index in [0.717, 1.165) is 0 Å². The van der Waals surface area contributed by atoms with Gasteiger partial charge in [-0.1, -0.05) is 0 Å². The summed E-state index contributed by atoms with van der Waals surface area (Å²) in [6.45, 7) is 9.90. The Morgan fingerprint density at radius 1 is 0.258 bits per heavy atom. The van der Waals surface area contributed by atoms with Crippen LogP contribution in [0.3, 0.4) is 0 Å². The average molecular weight is 982 g/mol. The second-order valence-corrected chi connectivity index (χ2v) is 27.2. The SMILES string of the molecule is CC(=O)C1CCC(OP2(OC3CCC(C(C)=O)CC3)=NP(OC3CCC(C(C)=O)CC3)(OC3CCC(C(C)=O)CC3)=NP(OC3CCC(C(C)=O)CC3)(OC3CCC(C(C)=O)CC3)=N2)CC1. The Hall–Kier alpha value is -1.53. The molecule has 0 radical (unpaired) electrons. The van der Waals surface area contributed by atoms with Gasteiger partial charge in [0.2, 0.25) is 0 Å². The molecule has 372 valence electrons. The number of nitrogens with zero attached hydrogens (tertiary/aromatic N) is 3. The lowest BCUT2D eigenvalue weighted by Crippen LogP contribution is -2.29. The zero-order chi connectivity index (χ0) is 47.2. The number of hydrogen-bond acceptors (Lipinski definition) is 15. The predicted octanol–water partition coefficient (Wildman–Crippen LogP) is 12.8. The molecule has 15 nitrogen and oxygen atoms in total. The highest BCUT2D eigenvalue weighted by Crippen LogP contribution is 2.83. The number of Topliss-reactive ketones (excluding diaryl/α,β-unsaturated/α-hetero) is 6. The van der Waals surface area contributed by atoms with Crippen LogP contribution in [-0.4, -0.2) is 71.3 Å². The molecule has 0 saturated heterocycles. The summed E-state index contributed by atoms with van der Waals surface area (Å²) in [5, 5.41) is 0. The van der Waals surface area contributed by atoms with Crippen molar-refractivity contribution in [3.8, 4) is 0 Å². The average Bonchev–Trinajstić information content (AvgIpc) is 3.27. The Morgan fingerprint density at radius 3 is 0.485 bits per heavy atom. The predicted molar refractivity (Wildman–Crippen MR) is 253 cm³/mol. The first-order chi connectivity index (χ1) is 31.4. The molecule has 0 unspecified atom stereocenters. The maximum atomic E-state index is 12.6. The molecule has 0 aromatic heterocycles. The van der Waals surface area contributed by atoms with Gasteiger partial charge in [-0.2, -0.15) is 0 Å². The van der Waals surface area contributed by atoms with E-state index >= 15 is 0 Å². The van der Waals surface area contributed by atoms with Crippen LogP contribution in [0.2, 0.25) is 0 Å². The van der Waals surface area contributed by atoms with Gasteiger partial charge in [0, 0.05) is 35.5 Å². The molecule has 0 atom stereocenters. The van der Waals surface area contributed by atoms with Crippen molar-refractivity contribution >= 4 is 57.7 Å². The van der Waals surface area contributed by atoms with Crippen LogP contribution in [0.5, 0.6) is 0 Å². The van der Waals surface area contributed by atoms with Gasteiger partial charge < -0.3 is 27.1 Å². The van der Waals surface area contributed by atoms with Crippen LogP contribution in [0.15, 0.2) is 13.5 Å². The molecule has 1 heterocycles. The lowest BCUT2D eigenvalue weighted by Gasteiger charge is -2.42. The Kier molecular flexibility index (Phi) is 18.3. The first-order valence-corrected chi connectivity index (χ1v) is 30.1. The van der Waals surface area contributed by atoms with Crippen LogP contribution in [0.25, 0.3) is 0 Å². The normalized spacial score (nSPS) is 41.0. The summed E-state index contributed by atoms with van der Waals surface area (Å²) in [6, 6.07) is 0. The number of rotatable bonds is 18. The van der Waals surface area contributed by atoms with E-state index in [9.17, 15) is 28.8 Å². The van der Waals surface area contributed by atoms with E-state index in [4.69, 9.17) is 40.7 Å². The van der Waals surface area contributed by atoms with Gasteiger partial charge >= 0.3 is 23.0 Å². The topological polar surface area (TPSA) is 195 Å². The van der Waals surface area contributed by atoms with Crippen molar-refractivity contribution in [3.05, 3.63) is 0 Å². The van der Waals surface area contributed by atoms with Gasteiger partial charge in [0.05, 0.1) is 36.6 Å². The monoisotopic (exact) mass is 981 g/mol. The Morgan fingerprint density at radius 2 is 0.379 bits per heavy atom. The largest absolute Gasteiger partial charge is 0.349 e. The molecule has 1 aliphatic heterocycles. The van der Waals surface area contributed by atoms with Crippen molar-refractivity contribution in [2.45, 2.75) is 232 Å². The van der Waals surface area contributed by atoms with Crippen LogP contribution in [0.1, 0.15) is 196 Å². The molecule has 0 spiro atoms. The molecule has 6 aliphatic carbocycles. The summed E-state index contributed by atoms with van der Waals surface area (Å²) in [6.07, 6.45) is 13.0. The minimum absolute atomic E-state index is 0.0563. The molecule has 6 saturated carbocycles. The fraction of sp³-hybridized carbons (Fsp3) is 0.875. The van der Waals surface area contributed by atoms with Crippen LogP contribution >= 0.6 is 23.0 Å². The maximum absolute atomic E-state index is 12.6. The maximum Gasteiger partial charge on any atom is 0.349 e. The zero-order valence-electron chi connectivity index (χ0n) is 40.5. The smallest absolute Gasteiger partial charge is 0.303 e. The van der Waals surface area contributed by atoms with Crippen molar-refractivity contribution in [3.63, 3.8) is 0 Å². The third-order valence-corrected chi connectivity index (χ3v) is 24.8. The molecule has 66 heavy (non-hydrogen) atoms. The lowest BCUT2D eigenvalue weighted by atomic mass is 9.85. The molecule has 0 bridgehead atoms. The van der Waals surface area contributed by atoms with Gasteiger partial charge in [0.15, 0.2) is 0 Å². The van der Waals surface area contributed by atoms with Crippen molar-refractivity contribution in [1.82, 2.24) is 0 Å². The standard InChI is InChI=1S/C48H78N3O12P3/c1-31(52)37-7-19-43(20-8-37)58-64(59-44-21-9-38(10-22-44)32(2)53)49-65(60-45-23-11-39(12-24-45)33(3)54,61-46-25-13-40(14-26-46)34(4)55)51-66(50-64,62-47-27-15-41(16-28-47)35(5)56)63-48-29-17-42(18-30-48)36(6)57/h37-48H,7-30H2,1-6H3. The third kappa shape index (κ3) is 13.9. The van der Waals surface area contributed by atoms with Gasteiger partial charge in [0.1, 0.15) is 34.7 Å². The second-order valence-electron chi connectivity index (χ2n) is 20.9. The first kappa shape index (κ1) is 52.3. The van der Waals surface area contributed by atoms with E-state index < -0.39 is 23.0 Å². The summed E-state index contributed by atoms with van der Waals surface area (Å²) in [5.41, 5.74) is 0. The van der Waals surface area contributed by atoms with Crippen LogP contribution < -0.4 is 0 Å². The molecular formula is C48H78N3O12P3. The summed E-state index contributed by atoms with van der Waals surface area (Å²) < 4.78 is 61.0. The van der Waals surface area contributed by atoms with Gasteiger partial charge in [-0.15, -0.1) is 13.5 Å². The lowest BCUT2D eigenvalue weighted by molar-refractivity contribution is -0.123. The first-order valence-electron chi connectivity index (χ1n) is 25.5. The third-order valence-electron chi connectivity index (χ3n) is 15.9. The van der Waals surface area contributed by atoms with E-state index in [1.807, 2.05) is 0 Å². The van der Waals surface area contributed by atoms with Gasteiger partial charge in [0.25, 0.3) is 0 Å². The molecule has 0 amide bonds. The van der Waals surface area contributed by atoms with E-state index in [2.05, 4.69) is 0 Å². The molecule has 0 aromatic rings. The molecule has 18 heteroatoms. The summed E-state index contributed by atoms with van der Waals surface area (Å²) >= 11 is 0. The summed E-state index contributed by atoms with van der Waals surface area (Å²) in [7, 11) is -11.6. The highest BCUT2D eigenvalue weighted by molar-refractivity contribution is 7.78. The van der Waals surface area contributed by atoms with Crippen LogP contribution in [-0.2, 0) is 55.9 Å². The molecule has 0 aromatic carbocycles. The van der Waals surface area contributed by atoms with Gasteiger partial charge in [-0.25, -0.2) is 0 Å². The molecule has 7 aliphatic rings. The van der Waals surface area contributed by atoms with Crippen molar-refractivity contribution in [2.75, 3.05) is 0 Å². The minimum atomic E-state index is -3.87. The Labute approximate surface area is 393 Å². The van der Waals surface area contributed by atoms with E-state index in [1.165, 1.54) is 0 Å². The highest BCUT2D eigenvalue weighted by Gasteiger charge is 2.50. The summed E-state index contributed by atoms with van der Waals surface area (Å²) in [4.78, 5) is 75.5.